The SMILES string of the molecule is CCOc1ccc(CN(C)CC(C)(C)C#N)cc1. The second kappa shape index (κ2) is 6.42. The Bertz CT molecular complexity index is 403. The third-order valence-electron chi connectivity index (χ3n) is 2.65. The molecule has 0 aromatic heterocycles. The average Bonchev–Trinajstić information content (AvgIpc) is 2.31. The molecule has 0 saturated heterocycles. The van der Waals surface area contributed by atoms with E-state index >= 15 is 0 Å². The molecule has 0 bridgehead atoms. The maximum Gasteiger partial charge on any atom is 0.119 e. The lowest BCUT2D eigenvalue weighted by molar-refractivity contribution is 0.248. The summed E-state index contributed by atoms with van der Waals surface area (Å²) in [6.45, 7) is 8.19. The van der Waals surface area contributed by atoms with Gasteiger partial charge in [0.05, 0.1) is 18.1 Å². The molecule has 0 atom stereocenters. The van der Waals surface area contributed by atoms with Gasteiger partial charge in [0.25, 0.3) is 0 Å². The quantitative estimate of drug-likeness (QED) is 0.774. The summed E-state index contributed by atoms with van der Waals surface area (Å²) in [6, 6.07) is 10.4. The molecule has 0 saturated carbocycles. The fraction of sp³-hybridized carbons (Fsp3) is 0.533. The van der Waals surface area contributed by atoms with Gasteiger partial charge in [-0.05, 0) is 45.5 Å². The van der Waals surface area contributed by atoms with Crippen LogP contribution < -0.4 is 4.74 Å². The topological polar surface area (TPSA) is 36.3 Å². The fourth-order valence-corrected chi connectivity index (χ4v) is 1.94. The third kappa shape index (κ3) is 4.77. The number of nitriles is 1. The van der Waals surface area contributed by atoms with E-state index in [4.69, 9.17) is 10.00 Å². The van der Waals surface area contributed by atoms with Crippen LogP contribution in [-0.4, -0.2) is 25.1 Å². The minimum Gasteiger partial charge on any atom is -0.494 e. The van der Waals surface area contributed by atoms with E-state index < -0.39 is 0 Å². The zero-order valence-electron chi connectivity index (χ0n) is 11.7. The van der Waals surface area contributed by atoms with Crippen LogP contribution in [0.5, 0.6) is 5.75 Å². The summed E-state index contributed by atoms with van der Waals surface area (Å²) in [7, 11) is 2.04. The Kier molecular flexibility index (Phi) is 5.18. The fourth-order valence-electron chi connectivity index (χ4n) is 1.94. The van der Waals surface area contributed by atoms with Gasteiger partial charge in [-0.15, -0.1) is 0 Å². The van der Waals surface area contributed by atoms with Crippen molar-refractivity contribution in [2.75, 3.05) is 20.2 Å². The Morgan fingerprint density at radius 2 is 1.89 bits per heavy atom. The molecule has 18 heavy (non-hydrogen) atoms. The maximum absolute atomic E-state index is 9.01. The summed E-state index contributed by atoms with van der Waals surface area (Å²) in [6.07, 6.45) is 0. The Morgan fingerprint density at radius 1 is 1.28 bits per heavy atom. The highest BCUT2D eigenvalue weighted by molar-refractivity contribution is 5.27. The molecule has 0 aliphatic rings. The molecule has 3 heteroatoms. The van der Waals surface area contributed by atoms with Crippen molar-refractivity contribution >= 4 is 0 Å². The Balaban J connectivity index is 2.55. The summed E-state index contributed by atoms with van der Waals surface area (Å²) >= 11 is 0. The van der Waals surface area contributed by atoms with Gasteiger partial charge in [-0.25, -0.2) is 0 Å². The molecule has 0 spiro atoms. The lowest BCUT2D eigenvalue weighted by Crippen LogP contribution is -2.29. The van der Waals surface area contributed by atoms with Gasteiger partial charge in [-0.2, -0.15) is 5.26 Å². The first kappa shape index (κ1) is 14.5. The van der Waals surface area contributed by atoms with E-state index in [-0.39, 0.29) is 5.41 Å². The molecule has 3 nitrogen and oxygen atoms in total. The van der Waals surface area contributed by atoms with E-state index in [1.807, 2.05) is 40.0 Å². The molecule has 1 aromatic rings. The second-order valence-electron chi connectivity index (χ2n) is 5.24. The summed E-state index contributed by atoms with van der Waals surface area (Å²) in [5.74, 6) is 0.904. The molecule has 0 aliphatic heterocycles. The number of hydrogen-bond acceptors (Lipinski definition) is 3. The van der Waals surface area contributed by atoms with Crippen molar-refractivity contribution in [2.24, 2.45) is 5.41 Å². The van der Waals surface area contributed by atoms with Gasteiger partial charge >= 0.3 is 0 Å². The first-order chi connectivity index (χ1) is 8.46. The normalized spacial score (nSPS) is 11.3. The smallest absolute Gasteiger partial charge is 0.119 e. The largest absolute Gasteiger partial charge is 0.494 e. The highest BCUT2D eigenvalue weighted by atomic mass is 16.5. The summed E-state index contributed by atoms with van der Waals surface area (Å²) in [5.41, 5.74) is 0.926. The second-order valence-corrected chi connectivity index (χ2v) is 5.24. The Labute approximate surface area is 110 Å². The van der Waals surface area contributed by atoms with E-state index in [0.717, 1.165) is 18.8 Å². The zero-order valence-corrected chi connectivity index (χ0v) is 11.7. The minimum atomic E-state index is -0.306. The Hall–Kier alpha value is -1.53. The van der Waals surface area contributed by atoms with Gasteiger partial charge in [-0.3, -0.25) is 0 Å². The van der Waals surface area contributed by atoms with Gasteiger partial charge in [-0.1, -0.05) is 12.1 Å². The highest BCUT2D eigenvalue weighted by Crippen LogP contribution is 2.17. The van der Waals surface area contributed by atoms with Crippen molar-refractivity contribution in [1.82, 2.24) is 4.90 Å². The maximum atomic E-state index is 9.01. The number of hydrogen-bond donors (Lipinski definition) is 0. The van der Waals surface area contributed by atoms with E-state index in [9.17, 15) is 0 Å². The molecule has 1 rings (SSSR count). The number of nitrogens with zero attached hydrogens (tertiary/aromatic N) is 2. The first-order valence-corrected chi connectivity index (χ1v) is 6.28. The standard InChI is InChI=1S/C15H22N2O/c1-5-18-14-8-6-13(7-9-14)10-17(4)12-15(2,3)11-16/h6-9H,5,10,12H2,1-4H3. The predicted octanol–water partition coefficient (Wildman–Crippen LogP) is 3.07. The van der Waals surface area contributed by atoms with Crippen molar-refractivity contribution in [3.8, 4) is 11.8 Å². The van der Waals surface area contributed by atoms with Crippen LogP contribution in [0.3, 0.4) is 0 Å². The average molecular weight is 246 g/mol. The lowest BCUT2D eigenvalue weighted by atomic mass is 9.95. The number of benzene rings is 1. The molecule has 0 aliphatic carbocycles. The van der Waals surface area contributed by atoms with Crippen molar-refractivity contribution in [1.29, 1.82) is 5.26 Å². The van der Waals surface area contributed by atoms with Crippen molar-refractivity contribution in [3.63, 3.8) is 0 Å². The van der Waals surface area contributed by atoms with Crippen LogP contribution in [0.25, 0.3) is 0 Å². The minimum absolute atomic E-state index is 0.306. The molecule has 0 N–H and O–H groups in total. The van der Waals surface area contributed by atoms with Crippen LogP contribution in [0, 0.1) is 16.7 Å². The van der Waals surface area contributed by atoms with Gasteiger partial charge in [0, 0.05) is 13.1 Å². The first-order valence-electron chi connectivity index (χ1n) is 6.28. The van der Waals surface area contributed by atoms with Crippen molar-refractivity contribution in [2.45, 2.75) is 27.3 Å². The molecular formula is C15H22N2O. The van der Waals surface area contributed by atoms with Gasteiger partial charge in [0.15, 0.2) is 0 Å². The molecular weight excluding hydrogens is 224 g/mol. The predicted molar refractivity (Wildman–Crippen MR) is 73.3 cm³/mol. The summed E-state index contributed by atoms with van der Waals surface area (Å²) < 4.78 is 5.41. The van der Waals surface area contributed by atoms with Gasteiger partial charge < -0.3 is 9.64 Å². The van der Waals surface area contributed by atoms with Crippen LogP contribution >= 0.6 is 0 Å². The van der Waals surface area contributed by atoms with Crippen LogP contribution in [-0.2, 0) is 6.54 Å². The van der Waals surface area contributed by atoms with Crippen LogP contribution in [0.15, 0.2) is 24.3 Å². The number of rotatable bonds is 6. The van der Waals surface area contributed by atoms with Gasteiger partial charge in [0.2, 0.25) is 0 Å². The molecule has 1 aromatic carbocycles. The highest BCUT2D eigenvalue weighted by Gasteiger charge is 2.18. The van der Waals surface area contributed by atoms with E-state index in [0.29, 0.717) is 6.61 Å². The van der Waals surface area contributed by atoms with Crippen LogP contribution in [0.4, 0.5) is 0 Å². The summed E-state index contributed by atoms with van der Waals surface area (Å²) in [5, 5.41) is 9.01. The molecule has 0 radical (unpaired) electrons. The summed E-state index contributed by atoms with van der Waals surface area (Å²) in [4.78, 5) is 2.17. The zero-order chi connectivity index (χ0) is 13.6. The van der Waals surface area contributed by atoms with Gasteiger partial charge in [0.1, 0.15) is 5.75 Å². The molecule has 98 valence electrons. The molecule has 0 unspecified atom stereocenters. The molecule has 0 amide bonds. The monoisotopic (exact) mass is 246 g/mol. The van der Waals surface area contributed by atoms with Crippen LogP contribution in [0.1, 0.15) is 26.3 Å². The van der Waals surface area contributed by atoms with E-state index in [2.05, 4.69) is 23.1 Å². The van der Waals surface area contributed by atoms with E-state index in [1.54, 1.807) is 0 Å². The Morgan fingerprint density at radius 3 is 2.39 bits per heavy atom. The van der Waals surface area contributed by atoms with Crippen molar-refractivity contribution in [3.05, 3.63) is 29.8 Å². The van der Waals surface area contributed by atoms with E-state index in [1.165, 1.54) is 5.56 Å². The molecule has 0 fully saturated rings. The number of ether oxygens (including phenoxy) is 1. The molecule has 0 heterocycles. The van der Waals surface area contributed by atoms with Crippen molar-refractivity contribution < 1.29 is 4.74 Å². The lowest BCUT2D eigenvalue weighted by Gasteiger charge is -2.24. The third-order valence-corrected chi connectivity index (χ3v) is 2.65. The van der Waals surface area contributed by atoms with Crippen LogP contribution in [0.2, 0.25) is 0 Å².